The molecule has 1 aliphatic heterocycles. The lowest BCUT2D eigenvalue weighted by Crippen LogP contribution is -2.63. The molecule has 0 aromatic rings. The van der Waals surface area contributed by atoms with Crippen molar-refractivity contribution in [1.82, 2.24) is 5.32 Å². The highest BCUT2D eigenvalue weighted by atomic mass is 16.4. The quantitative estimate of drug-likeness (QED) is 0.270. The van der Waals surface area contributed by atoms with E-state index in [-0.39, 0.29) is 6.54 Å². The summed E-state index contributed by atoms with van der Waals surface area (Å²) in [6.07, 6.45) is -4.74. The normalized spacial score (nSPS) is 43.2. The molecular formula is C7H15NO5. The van der Waals surface area contributed by atoms with E-state index in [2.05, 4.69) is 5.32 Å². The predicted molar refractivity (Wildman–Crippen MR) is 42.9 cm³/mol. The van der Waals surface area contributed by atoms with E-state index in [0.717, 1.165) is 0 Å². The van der Waals surface area contributed by atoms with Gasteiger partial charge in [0.25, 0.3) is 0 Å². The zero-order valence-corrected chi connectivity index (χ0v) is 7.04. The van der Waals surface area contributed by atoms with Crippen molar-refractivity contribution in [2.75, 3.05) is 13.2 Å². The van der Waals surface area contributed by atoms with Crippen molar-refractivity contribution in [2.24, 2.45) is 0 Å². The van der Waals surface area contributed by atoms with Crippen LogP contribution in [0.2, 0.25) is 0 Å². The van der Waals surface area contributed by atoms with Crippen LogP contribution >= 0.6 is 0 Å². The molecule has 1 heterocycles. The zero-order valence-electron chi connectivity index (χ0n) is 7.04. The lowest BCUT2D eigenvalue weighted by molar-refractivity contribution is -0.118. The summed E-state index contributed by atoms with van der Waals surface area (Å²) in [4.78, 5) is 0. The highest BCUT2D eigenvalue weighted by Crippen LogP contribution is 2.13. The molecule has 13 heavy (non-hydrogen) atoms. The molecule has 78 valence electrons. The third-order valence-corrected chi connectivity index (χ3v) is 2.28. The Morgan fingerprint density at radius 3 is 2.38 bits per heavy atom. The largest absolute Gasteiger partial charge is 0.394 e. The van der Waals surface area contributed by atoms with E-state index in [1.165, 1.54) is 0 Å². The maximum absolute atomic E-state index is 9.37. The third-order valence-electron chi connectivity index (χ3n) is 2.28. The Balaban J connectivity index is 2.58. The van der Waals surface area contributed by atoms with Gasteiger partial charge in [-0.25, -0.2) is 0 Å². The minimum absolute atomic E-state index is 0.0833. The lowest BCUT2D eigenvalue weighted by atomic mass is 9.93. The molecule has 0 amide bonds. The van der Waals surface area contributed by atoms with E-state index in [0.29, 0.717) is 0 Å². The molecule has 0 saturated carbocycles. The van der Waals surface area contributed by atoms with Gasteiger partial charge in [-0.05, 0) is 0 Å². The average Bonchev–Trinajstić information content (AvgIpc) is 2.13. The van der Waals surface area contributed by atoms with Gasteiger partial charge >= 0.3 is 0 Å². The molecule has 0 radical (unpaired) electrons. The molecule has 5 atom stereocenters. The number of β-amino-alcohol motifs (C(OH)–C–C–N with tert-alkyl or cyclic N) is 1. The molecule has 1 saturated heterocycles. The molecule has 6 N–H and O–H groups in total. The zero-order chi connectivity index (χ0) is 10.0. The Bertz CT molecular complexity index is 167. The molecule has 6 nitrogen and oxygen atoms in total. The van der Waals surface area contributed by atoms with E-state index < -0.39 is 37.1 Å². The van der Waals surface area contributed by atoms with Crippen LogP contribution in [0.5, 0.6) is 0 Å². The number of aliphatic hydroxyl groups is 5. The van der Waals surface area contributed by atoms with Crippen LogP contribution in [0.15, 0.2) is 0 Å². The molecular weight excluding hydrogens is 178 g/mol. The van der Waals surface area contributed by atoms with Gasteiger partial charge in [-0.2, -0.15) is 0 Å². The smallest absolute Gasteiger partial charge is 0.109 e. The molecule has 0 aromatic carbocycles. The SMILES string of the molecule is OC[C@H](O)[C@H]1NC[C@@H](O)[C@@H](O)[C@@H]1O. The van der Waals surface area contributed by atoms with Crippen molar-refractivity contribution in [1.29, 1.82) is 0 Å². The molecule has 1 fully saturated rings. The molecule has 1 aliphatic rings. The molecule has 1 rings (SSSR count). The molecule has 0 aliphatic carbocycles. The third kappa shape index (κ3) is 2.16. The van der Waals surface area contributed by atoms with Gasteiger partial charge in [-0.3, -0.25) is 0 Å². The summed E-state index contributed by atoms with van der Waals surface area (Å²) in [5, 5.41) is 48.1. The van der Waals surface area contributed by atoms with E-state index in [1.807, 2.05) is 0 Å². The standard InChI is InChI=1S/C7H15NO5/c9-2-4(11)5-7(13)6(12)3(10)1-8-5/h3-13H,1-2H2/t3-,4+,5-,6-,7-/m1/s1. The number of hydrogen-bond acceptors (Lipinski definition) is 6. The second-order valence-corrected chi connectivity index (χ2v) is 3.23. The minimum Gasteiger partial charge on any atom is -0.394 e. The van der Waals surface area contributed by atoms with Crippen LogP contribution in [0.4, 0.5) is 0 Å². The summed E-state index contributed by atoms with van der Waals surface area (Å²) in [7, 11) is 0. The number of nitrogens with one attached hydrogen (secondary N) is 1. The van der Waals surface area contributed by atoms with Crippen molar-refractivity contribution >= 4 is 0 Å². The van der Waals surface area contributed by atoms with E-state index in [4.69, 9.17) is 10.2 Å². The van der Waals surface area contributed by atoms with Crippen LogP contribution < -0.4 is 5.32 Å². The number of hydrogen-bond donors (Lipinski definition) is 6. The number of rotatable bonds is 2. The highest BCUT2D eigenvalue weighted by Gasteiger charge is 2.39. The fourth-order valence-electron chi connectivity index (χ4n) is 1.42. The molecule has 0 unspecified atom stereocenters. The minimum atomic E-state index is -1.28. The maximum atomic E-state index is 9.37. The summed E-state index contributed by atoms with van der Waals surface area (Å²) >= 11 is 0. The number of aliphatic hydroxyl groups excluding tert-OH is 5. The van der Waals surface area contributed by atoms with Crippen LogP contribution in [-0.2, 0) is 0 Å². The van der Waals surface area contributed by atoms with Gasteiger partial charge in [-0.1, -0.05) is 0 Å². The first-order chi connectivity index (χ1) is 6.07. The summed E-state index contributed by atoms with van der Waals surface area (Å²) in [5.41, 5.74) is 0. The molecule has 0 bridgehead atoms. The molecule has 6 heteroatoms. The first-order valence-corrected chi connectivity index (χ1v) is 4.14. The summed E-state index contributed by atoms with van der Waals surface area (Å²) < 4.78 is 0. The first kappa shape index (κ1) is 10.8. The fraction of sp³-hybridized carbons (Fsp3) is 1.00. The molecule has 0 aromatic heterocycles. The topological polar surface area (TPSA) is 113 Å². The van der Waals surface area contributed by atoms with Gasteiger partial charge in [-0.15, -0.1) is 0 Å². The van der Waals surface area contributed by atoms with Gasteiger partial charge in [0.2, 0.25) is 0 Å². The highest BCUT2D eigenvalue weighted by molar-refractivity contribution is 4.95. The van der Waals surface area contributed by atoms with Crippen molar-refractivity contribution < 1.29 is 25.5 Å². The Morgan fingerprint density at radius 2 is 1.85 bits per heavy atom. The van der Waals surface area contributed by atoms with Crippen molar-refractivity contribution in [2.45, 2.75) is 30.5 Å². The van der Waals surface area contributed by atoms with Gasteiger partial charge in [0.1, 0.15) is 12.2 Å². The van der Waals surface area contributed by atoms with Gasteiger partial charge in [0.15, 0.2) is 0 Å². The first-order valence-electron chi connectivity index (χ1n) is 4.14. The average molecular weight is 193 g/mol. The van der Waals surface area contributed by atoms with E-state index in [9.17, 15) is 15.3 Å². The van der Waals surface area contributed by atoms with Crippen LogP contribution in [0.1, 0.15) is 0 Å². The lowest BCUT2D eigenvalue weighted by Gasteiger charge is -2.37. The maximum Gasteiger partial charge on any atom is 0.109 e. The summed E-state index contributed by atoms with van der Waals surface area (Å²) in [5.74, 6) is 0. The second kappa shape index (κ2) is 4.32. The Kier molecular flexibility index (Phi) is 3.60. The van der Waals surface area contributed by atoms with Crippen molar-refractivity contribution in [3.63, 3.8) is 0 Å². The predicted octanol–water partition coefficient (Wildman–Crippen LogP) is -3.61. The Morgan fingerprint density at radius 1 is 1.23 bits per heavy atom. The van der Waals surface area contributed by atoms with Crippen LogP contribution in [0, 0.1) is 0 Å². The van der Waals surface area contributed by atoms with Gasteiger partial charge in [0, 0.05) is 6.54 Å². The number of piperidine rings is 1. The van der Waals surface area contributed by atoms with E-state index in [1.54, 1.807) is 0 Å². The van der Waals surface area contributed by atoms with Gasteiger partial charge in [0.05, 0.1) is 24.9 Å². The van der Waals surface area contributed by atoms with Crippen LogP contribution in [-0.4, -0.2) is 69.1 Å². The summed E-state index contributed by atoms with van der Waals surface area (Å²) in [6, 6.07) is -0.802. The van der Waals surface area contributed by atoms with Crippen molar-refractivity contribution in [3.05, 3.63) is 0 Å². The van der Waals surface area contributed by atoms with Crippen LogP contribution in [0.3, 0.4) is 0 Å². The monoisotopic (exact) mass is 193 g/mol. The molecule has 0 spiro atoms. The van der Waals surface area contributed by atoms with Crippen molar-refractivity contribution in [3.8, 4) is 0 Å². The fourth-order valence-corrected chi connectivity index (χ4v) is 1.42. The summed E-state index contributed by atoms with van der Waals surface area (Å²) in [6.45, 7) is -0.419. The van der Waals surface area contributed by atoms with E-state index >= 15 is 0 Å². The van der Waals surface area contributed by atoms with Crippen LogP contribution in [0.25, 0.3) is 0 Å². The Labute approximate surface area is 75.4 Å². The van der Waals surface area contributed by atoms with Gasteiger partial charge < -0.3 is 30.8 Å². The second-order valence-electron chi connectivity index (χ2n) is 3.23. The Hall–Kier alpha value is -0.240.